The summed E-state index contributed by atoms with van der Waals surface area (Å²) in [5, 5.41) is 14.6. The number of anilines is 1. The van der Waals surface area contributed by atoms with Gasteiger partial charge in [0.15, 0.2) is 0 Å². The van der Waals surface area contributed by atoms with Crippen molar-refractivity contribution >= 4 is 33.5 Å². The Balaban J connectivity index is 2.13. The third-order valence-electron chi connectivity index (χ3n) is 3.09. The molecule has 0 unspecified atom stereocenters. The van der Waals surface area contributed by atoms with Crippen molar-refractivity contribution < 1.29 is 18.1 Å². The topological polar surface area (TPSA) is 135 Å². The number of hydrogen-bond donors (Lipinski definition) is 1. The van der Waals surface area contributed by atoms with Gasteiger partial charge in [0.1, 0.15) is 6.54 Å². The Morgan fingerprint density at radius 2 is 2.12 bits per heavy atom. The molecule has 1 N–H and O–H groups in total. The van der Waals surface area contributed by atoms with E-state index in [0.29, 0.717) is 5.69 Å². The van der Waals surface area contributed by atoms with Gasteiger partial charge in [-0.2, -0.15) is 5.10 Å². The second kappa shape index (κ2) is 8.16. The molecule has 0 spiro atoms. The van der Waals surface area contributed by atoms with Crippen LogP contribution in [0.4, 0.5) is 11.4 Å². The zero-order chi connectivity index (χ0) is 19.2. The summed E-state index contributed by atoms with van der Waals surface area (Å²) in [5.41, 5.74) is 2.42. The number of nitrogens with zero attached hydrogens (tertiary/aromatic N) is 4. The lowest BCUT2D eigenvalue weighted by Gasteiger charge is -2.21. The van der Waals surface area contributed by atoms with Crippen LogP contribution in [0.5, 0.6) is 0 Å². The Morgan fingerprint density at radius 3 is 2.73 bits per heavy atom. The summed E-state index contributed by atoms with van der Waals surface area (Å²) in [6.45, 7) is -0.584. The number of non-ortho nitro benzene ring substituents is 1. The lowest BCUT2D eigenvalue weighted by Crippen LogP contribution is -2.39. The van der Waals surface area contributed by atoms with E-state index >= 15 is 0 Å². The van der Waals surface area contributed by atoms with E-state index in [4.69, 9.17) is 0 Å². The minimum Gasteiger partial charge on any atom is -0.271 e. The molecule has 0 saturated heterocycles. The number of carbonyl (C=O) groups excluding carboxylic acids is 1. The first-order valence-corrected chi connectivity index (χ1v) is 9.07. The van der Waals surface area contributed by atoms with Crippen LogP contribution in [0.1, 0.15) is 5.69 Å². The number of rotatable bonds is 7. The number of carbonyl (C=O) groups is 1. The first kappa shape index (κ1) is 19.0. The normalized spacial score (nSPS) is 11.3. The summed E-state index contributed by atoms with van der Waals surface area (Å²) in [4.78, 5) is 26.2. The third-order valence-corrected chi connectivity index (χ3v) is 4.23. The van der Waals surface area contributed by atoms with E-state index in [1.807, 2.05) is 0 Å². The molecular weight excluding hydrogens is 362 g/mol. The van der Waals surface area contributed by atoms with Crippen LogP contribution in [0.3, 0.4) is 0 Å². The quantitative estimate of drug-likeness (QED) is 0.433. The minimum absolute atomic E-state index is 0.00514. The smallest absolute Gasteiger partial charge is 0.271 e. The predicted octanol–water partition coefficient (Wildman–Crippen LogP) is 0.906. The van der Waals surface area contributed by atoms with E-state index in [9.17, 15) is 23.3 Å². The van der Waals surface area contributed by atoms with Crippen LogP contribution < -0.4 is 9.73 Å². The maximum Gasteiger partial charge on any atom is 0.271 e. The van der Waals surface area contributed by atoms with Crippen molar-refractivity contribution in [3.63, 3.8) is 0 Å². The highest BCUT2D eigenvalue weighted by Gasteiger charge is 2.22. The molecule has 0 aliphatic rings. The highest BCUT2D eigenvalue weighted by molar-refractivity contribution is 7.92. The molecule has 136 valence electrons. The number of nitro groups is 1. The van der Waals surface area contributed by atoms with Crippen LogP contribution in [-0.4, -0.2) is 43.2 Å². The first-order chi connectivity index (χ1) is 12.3. The molecule has 0 aliphatic carbocycles. The predicted molar refractivity (Wildman–Crippen MR) is 95.3 cm³/mol. The summed E-state index contributed by atoms with van der Waals surface area (Å²) in [6.07, 6.45) is 3.75. The summed E-state index contributed by atoms with van der Waals surface area (Å²) in [5.74, 6) is -0.714. The number of amides is 1. The highest BCUT2D eigenvalue weighted by Crippen LogP contribution is 2.22. The largest absolute Gasteiger partial charge is 0.271 e. The van der Waals surface area contributed by atoms with Crippen LogP contribution in [0, 0.1) is 10.1 Å². The number of hydrazone groups is 1. The molecular formula is C15H15N5O5S. The molecule has 10 nitrogen and oxygen atoms in total. The first-order valence-electron chi connectivity index (χ1n) is 7.22. The lowest BCUT2D eigenvalue weighted by molar-refractivity contribution is -0.384. The fourth-order valence-corrected chi connectivity index (χ4v) is 2.80. The number of benzene rings is 1. The maximum atomic E-state index is 12.0. The average Bonchev–Trinajstić information content (AvgIpc) is 2.59. The van der Waals surface area contributed by atoms with Gasteiger partial charge in [0.2, 0.25) is 10.0 Å². The van der Waals surface area contributed by atoms with E-state index in [1.165, 1.54) is 24.4 Å². The van der Waals surface area contributed by atoms with Crippen molar-refractivity contribution in [2.45, 2.75) is 0 Å². The average molecular weight is 377 g/mol. The fourth-order valence-electron chi connectivity index (χ4n) is 1.95. The Hall–Kier alpha value is -3.34. The second-order valence-corrected chi connectivity index (χ2v) is 7.00. The lowest BCUT2D eigenvalue weighted by atomic mass is 10.3. The SMILES string of the molecule is CS(=O)(=O)N(CC(=O)N/N=C\c1ccccn1)c1cccc([N+](=O)[O-])c1. The van der Waals surface area contributed by atoms with Crippen molar-refractivity contribution in [3.8, 4) is 0 Å². The molecule has 11 heteroatoms. The highest BCUT2D eigenvalue weighted by atomic mass is 32.2. The number of nitrogens with one attached hydrogen (secondary N) is 1. The van der Waals surface area contributed by atoms with E-state index in [2.05, 4.69) is 15.5 Å². The van der Waals surface area contributed by atoms with E-state index in [-0.39, 0.29) is 11.4 Å². The Kier molecular flexibility index (Phi) is 5.96. The van der Waals surface area contributed by atoms with Crippen LogP contribution in [0.15, 0.2) is 53.8 Å². The molecule has 0 bridgehead atoms. The molecule has 0 radical (unpaired) electrons. The molecule has 0 aliphatic heterocycles. The molecule has 2 rings (SSSR count). The summed E-state index contributed by atoms with van der Waals surface area (Å²) in [6, 6.07) is 10.1. The number of sulfonamides is 1. The second-order valence-electron chi connectivity index (χ2n) is 5.09. The number of pyridine rings is 1. The molecule has 0 fully saturated rings. The molecule has 2 aromatic rings. The zero-order valence-electron chi connectivity index (χ0n) is 13.6. The van der Waals surface area contributed by atoms with Crippen LogP contribution in [-0.2, 0) is 14.8 Å². The van der Waals surface area contributed by atoms with Gasteiger partial charge < -0.3 is 0 Å². The number of nitro benzene ring substituents is 1. The van der Waals surface area contributed by atoms with Gasteiger partial charge in [-0.05, 0) is 18.2 Å². The molecule has 1 aromatic carbocycles. The number of aromatic nitrogens is 1. The third kappa shape index (κ3) is 5.34. The Labute approximate surface area is 149 Å². The minimum atomic E-state index is -3.85. The van der Waals surface area contributed by atoms with Crippen molar-refractivity contribution in [1.82, 2.24) is 10.4 Å². The monoisotopic (exact) mass is 377 g/mol. The Bertz CT molecular complexity index is 930. The molecule has 1 aromatic heterocycles. The van der Waals surface area contributed by atoms with Gasteiger partial charge in [0.25, 0.3) is 11.6 Å². The summed E-state index contributed by atoms with van der Waals surface area (Å²) < 4.78 is 24.7. The molecule has 26 heavy (non-hydrogen) atoms. The van der Waals surface area contributed by atoms with Gasteiger partial charge in [0, 0.05) is 18.3 Å². The van der Waals surface area contributed by atoms with Crippen LogP contribution in [0.25, 0.3) is 0 Å². The standard InChI is InChI=1S/C15H15N5O5S/c1-26(24,25)19(13-6-4-7-14(9-13)20(22)23)11-15(21)18-17-10-12-5-2-3-8-16-12/h2-10H,11H2,1H3,(H,18,21)/b17-10-. The van der Waals surface area contributed by atoms with Crippen molar-refractivity contribution in [1.29, 1.82) is 0 Å². The molecule has 1 heterocycles. The van der Waals surface area contributed by atoms with E-state index < -0.39 is 27.4 Å². The molecule has 1 amide bonds. The van der Waals surface area contributed by atoms with Gasteiger partial charge in [-0.15, -0.1) is 0 Å². The van der Waals surface area contributed by atoms with Gasteiger partial charge >= 0.3 is 0 Å². The van der Waals surface area contributed by atoms with Gasteiger partial charge in [-0.3, -0.25) is 24.2 Å². The van der Waals surface area contributed by atoms with Gasteiger partial charge in [-0.1, -0.05) is 12.1 Å². The van der Waals surface area contributed by atoms with E-state index in [1.54, 1.807) is 24.4 Å². The van der Waals surface area contributed by atoms with E-state index in [0.717, 1.165) is 16.6 Å². The number of hydrogen-bond acceptors (Lipinski definition) is 7. The fraction of sp³-hybridized carbons (Fsp3) is 0.133. The van der Waals surface area contributed by atoms with Gasteiger partial charge in [0.05, 0.1) is 28.8 Å². The zero-order valence-corrected chi connectivity index (χ0v) is 14.5. The van der Waals surface area contributed by atoms with Crippen molar-refractivity contribution in [3.05, 3.63) is 64.5 Å². The van der Waals surface area contributed by atoms with Crippen molar-refractivity contribution in [2.75, 3.05) is 17.1 Å². The maximum absolute atomic E-state index is 12.0. The van der Waals surface area contributed by atoms with Crippen LogP contribution in [0.2, 0.25) is 0 Å². The summed E-state index contributed by atoms with van der Waals surface area (Å²) in [7, 11) is -3.85. The summed E-state index contributed by atoms with van der Waals surface area (Å²) >= 11 is 0. The van der Waals surface area contributed by atoms with Gasteiger partial charge in [-0.25, -0.2) is 13.8 Å². The molecule has 0 atom stereocenters. The van der Waals surface area contributed by atoms with Crippen LogP contribution >= 0.6 is 0 Å². The van der Waals surface area contributed by atoms with Crippen molar-refractivity contribution in [2.24, 2.45) is 5.10 Å². The Morgan fingerprint density at radius 1 is 1.35 bits per heavy atom. The molecule has 0 saturated carbocycles.